The third kappa shape index (κ3) is 4.78. The predicted molar refractivity (Wildman–Crippen MR) is 109 cm³/mol. The number of hydrogen-bond acceptors (Lipinski definition) is 3. The summed E-state index contributed by atoms with van der Waals surface area (Å²) in [4.78, 5) is 26.9. The molecule has 0 bridgehead atoms. The van der Waals surface area contributed by atoms with Crippen molar-refractivity contribution < 1.29 is 14.7 Å². The monoisotopic (exact) mass is 380 g/mol. The molecule has 1 saturated heterocycles. The Labute approximate surface area is 166 Å². The number of carbonyl (C=O) groups is 2. The van der Waals surface area contributed by atoms with Crippen LogP contribution >= 0.6 is 0 Å². The van der Waals surface area contributed by atoms with Gasteiger partial charge in [-0.2, -0.15) is 0 Å². The van der Waals surface area contributed by atoms with Crippen LogP contribution in [0.5, 0.6) is 0 Å². The summed E-state index contributed by atoms with van der Waals surface area (Å²) in [5, 5.41) is 12.5. The molecule has 5 nitrogen and oxygen atoms in total. The summed E-state index contributed by atoms with van der Waals surface area (Å²) in [7, 11) is 0. The molecule has 0 radical (unpaired) electrons. The highest BCUT2D eigenvalue weighted by molar-refractivity contribution is 5.86. The van der Waals surface area contributed by atoms with Gasteiger partial charge in [0.1, 0.15) is 0 Å². The van der Waals surface area contributed by atoms with Crippen LogP contribution in [0, 0.1) is 19.8 Å². The highest BCUT2D eigenvalue weighted by Gasteiger charge is 2.30. The van der Waals surface area contributed by atoms with Crippen molar-refractivity contribution in [2.75, 3.05) is 13.1 Å². The second-order valence-corrected chi connectivity index (χ2v) is 7.60. The summed E-state index contributed by atoms with van der Waals surface area (Å²) in [5.41, 5.74) is 3.86. The summed E-state index contributed by atoms with van der Waals surface area (Å²) < 4.78 is 0. The molecule has 0 aromatic heterocycles. The second kappa shape index (κ2) is 9.02. The summed E-state index contributed by atoms with van der Waals surface area (Å²) in [6, 6.07) is 14.9. The molecule has 1 fully saturated rings. The van der Waals surface area contributed by atoms with E-state index in [1.165, 1.54) is 5.56 Å². The van der Waals surface area contributed by atoms with Gasteiger partial charge in [0, 0.05) is 12.5 Å². The van der Waals surface area contributed by atoms with Crippen molar-refractivity contribution in [3.05, 3.63) is 70.8 Å². The average Bonchev–Trinajstić information content (AvgIpc) is 2.69. The Morgan fingerprint density at radius 2 is 1.75 bits per heavy atom. The predicted octanol–water partition coefficient (Wildman–Crippen LogP) is 3.46. The minimum Gasteiger partial charge on any atom is -0.479 e. The molecule has 1 amide bonds. The van der Waals surface area contributed by atoms with Gasteiger partial charge in [-0.25, -0.2) is 4.79 Å². The number of nitrogens with one attached hydrogen (secondary N) is 1. The zero-order valence-corrected chi connectivity index (χ0v) is 16.5. The number of hydrogen-bond donors (Lipinski definition) is 2. The van der Waals surface area contributed by atoms with Gasteiger partial charge in [0.25, 0.3) is 0 Å². The molecular weight excluding hydrogens is 352 g/mol. The Morgan fingerprint density at radius 3 is 2.39 bits per heavy atom. The standard InChI is InChI=1S/C23H28N2O3/c1-16-7-6-10-20(17(16)2)21(23(27)28)24-22(26)19-11-13-25(14-12-19)15-18-8-4-3-5-9-18/h3-10,19,21H,11-15H2,1-2H3,(H,24,26)(H,27,28). The van der Waals surface area contributed by atoms with Crippen LogP contribution in [-0.4, -0.2) is 35.0 Å². The van der Waals surface area contributed by atoms with E-state index in [9.17, 15) is 14.7 Å². The molecule has 0 aliphatic carbocycles. The molecule has 2 aromatic carbocycles. The minimum atomic E-state index is -1.02. The van der Waals surface area contributed by atoms with Crippen molar-refractivity contribution in [3.8, 4) is 0 Å². The van der Waals surface area contributed by atoms with Crippen LogP contribution in [0.4, 0.5) is 0 Å². The van der Waals surface area contributed by atoms with E-state index in [-0.39, 0.29) is 11.8 Å². The number of aliphatic carboxylic acids is 1. The highest BCUT2D eigenvalue weighted by Crippen LogP contribution is 2.24. The van der Waals surface area contributed by atoms with E-state index in [1.54, 1.807) is 6.07 Å². The first-order chi connectivity index (χ1) is 13.5. The van der Waals surface area contributed by atoms with Crippen LogP contribution in [0.25, 0.3) is 0 Å². The van der Waals surface area contributed by atoms with E-state index < -0.39 is 12.0 Å². The Kier molecular flexibility index (Phi) is 6.47. The van der Waals surface area contributed by atoms with Gasteiger partial charge in [-0.1, -0.05) is 48.5 Å². The molecule has 1 heterocycles. The molecule has 1 aliphatic rings. The number of carboxylic acid groups (broad SMARTS) is 1. The smallest absolute Gasteiger partial charge is 0.330 e. The number of amides is 1. The molecule has 3 rings (SSSR count). The number of carboxylic acids is 1. The van der Waals surface area contributed by atoms with E-state index in [0.29, 0.717) is 5.56 Å². The van der Waals surface area contributed by atoms with Crippen LogP contribution in [-0.2, 0) is 16.1 Å². The molecule has 1 aliphatic heterocycles. The summed E-state index contributed by atoms with van der Waals surface area (Å²) >= 11 is 0. The van der Waals surface area contributed by atoms with E-state index >= 15 is 0 Å². The molecule has 0 spiro atoms. The van der Waals surface area contributed by atoms with Gasteiger partial charge in [0.15, 0.2) is 6.04 Å². The van der Waals surface area contributed by atoms with Gasteiger partial charge in [-0.15, -0.1) is 0 Å². The number of benzene rings is 2. The van der Waals surface area contributed by atoms with E-state index in [4.69, 9.17) is 0 Å². The second-order valence-electron chi connectivity index (χ2n) is 7.60. The first kappa shape index (κ1) is 20.1. The van der Waals surface area contributed by atoms with Crippen LogP contribution in [0.2, 0.25) is 0 Å². The summed E-state index contributed by atoms with van der Waals surface area (Å²) in [5.74, 6) is -1.32. The van der Waals surface area contributed by atoms with E-state index in [1.807, 2.05) is 44.2 Å². The van der Waals surface area contributed by atoms with Crippen molar-refractivity contribution >= 4 is 11.9 Å². The molecule has 2 aromatic rings. The largest absolute Gasteiger partial charge is 0.479 e. The zero-order valence-electron chi connectivity index (χ0n) is 16.5. The minimum absolute atomic E-state index is 0.140. The van der Waals surface area contributed by atoms with Crippen molar-refractivity contribution in [1.29, 1.82) is 0 Å². The molecule has 148 valence electrons. The maximum Gasteiger partial charge on any atom is 0.330 e. The molecule has 1 unspecified atom stereocenters. The van der Waals surface area contributed by atoms with E-state index in [0.717, 1.165) is 43.6 Å². The zero-order chi connectivity index (χ0) is 20.1. The van der Waals surface area contributed by atoms with Gasteiger partial charge < -0.3 is 10.4 Å². The lowest BCUT2D eigenvalue weighted by molar-refractivity contribution is -0.143. The Hall–Kier alpha value is -2.66. The third-order valence-electron chi connectivity index (χ3n) is 5.70. The van der Waals surface area contributed by atoms with Crippen LogP contribution < -0.4 is 5.32 Å². The molecule has 28 heavy (non-hydrogen) atoms. The van der Waals surface area contributed by atoms with Crippen molar-refractivity contribution in [2.45, 2.75) is 39.3 Å². The van der Waals surface area contributed by atoms with Gasteiger partial charge >= 0.3 is 5.97 Å². The third-order valence-corrected chi connectivity index (χ3v) is 5.70. The number of piperidine rings is 1. The van der Waals surface area contributed by atoms with Crippen LogP contribution in [0.3, 0.4) is 0 Å². The lowest BCUT2D eigenvalue weighted by Gasteiger charge is -2.32. The molecular formula is C23H28N2O3. The van der Waals surface area contributed by atoms with Crippen LogP contribution in [0.15, 0.2) is 48.5 Å². The van der Waals surface area contributed by atoms with Gasteiger partial charge in [-0.3, -0.25) is 9.69 Å². The van der Waals surface area contributed by atoms with Crippen LogP contribution in [0.1, 0.15) is 41.1 Å². The van der Waals surface area contributed by atoms with Gasteiger partial charge in [0.2, 0.25) is 5.91 Å². The number of likely N-dealkylation sites (tertiary alicyclic amines) is 1. The fourth-order valence-electron chi connectivity index (χ4n) is 3.81. The van der Waals surface area contributed by atoms with Gasteiger partial charge in [0.05, 0.1) is 0 Å². The number of aryl methyl sites for hydroxylation is 1. The number of carbonyl (C=O) groups excluding carboxylic acids is 1. The SMILES string of the molecule is Cc1cccc(C(NC(=O)C2CCN(Cc3ccccc3)CC2)C(=O)O)c1C. The average molecular weight is 380 g/mol. The number of nitrogens with zero attached hydrogens (tertiary/aromatic N) is 1. The maximum absolute atomic E-state index is 12.8. The lowest BCUT2D eigenvalue weighted by atomic mass is 9.93. The summed E-state index contributed by atoms with van der Waals surface area (Å²) in [6.07, 6.45) is 1.50. The maximum atomic E-state index is 12.8. The van der Waals surface area contributed by atoms with Crippen molar-refractivity contribution in [1.82, 2.24) is 10.2 Å². The fourth-order valence-corrected chi connectivity index (χ4v) is 3.81. The van der Waals surface area contributed by atoms with Crippen molar-refractivity contribution in [3.63, 3.8) is 0 Å². The first-order valence-electron chi connectivity index (χ1n) is 9.81. The normalized spacial score (nSPS) is 16.5. The molecule has 2 N–H and O–H groups in total. The fraction of sp³-hybridized carbons (Fsp3) is 0.391. The Bertz CT molecular complexity index is 827. The quantitative estimate of drug-likeness (QED) is 0.805. The van der Waals surface area contributed by atoms with E-state index in [2.05, 4.69) is 22.3 Å². The number of rotatable bonds is 6. The van der Waals surface area contributed by atoms with Gasteiger partial charge in [-0.05, 0) is 62.0 Å². The first-order valence-corrected chi connectivity index (χ1v) is 9.81. The Balaban J connectivity index is 1.59. The molecule has 1 atom stereocenters. The van der Waals surface area contributed by atoms with Crippen molar-refractivity contribution in [2.24, 2.45) is 5.92 Å². The lowest BCUT2D eigenvalue weighted by Crippen LogP contribution is -2.43. The topological polar surface area (TPSA) is 69.6 Å². The summed E-state index contributed by atoms with van der Waals surface area (Å²) in [6.45, 7) is 6.41. The molecule has 0 saturated carbocycles. The molecule has 5 heteroatoms. The highest BCUT2D eigenvalue weighted by atomic mass is 16.4. The Morgan fingerprint density at radius 1 is 1.07 bits per heavy atom.